The summed E-state index contributed by atoms with van der Waals surface area (Å²) in [6, 6.07) is 7.07. The first kappa shape index (κ1) is 11.9. The molecule has 3 aromatic rings. The summed E-state index contributed by atoms with van der Waals surface area (Å²) in [6.07, 6.45) is 3.42. The number of nitrogens with one attached hydrogen (secondary N) is 1. The summed E-state index contributed by atoms with van der Waals surface area (Å²) >= 11 is 0. The lowest BCUT2D eigenvalue weighted by Crippen LogP contribution is -2.00. The van der Waals surface area contributed by atoms with Crippen molar-refractivity contribution >= 4 is 11.6 Å². The Morgan fingerprint density at radius 1 is 1.40 bits per heavy atom. The molecule has 1 N–H and O–H groups in total. The van der Waals surface area contributed by atoms with Crippen molar-refractivity contribution < 1.29 is 9.53 Å². The smallest absolute Gasteiger partial charge is 0.356 e. The largest absolute Gasteiger partial charge is 0.464 e. The van der Waals surface area contributed by atoms with Crippen molar-refractivity contribution in [3.8, 4) is 17.5 Å². The molecule has 0 bridgehead atoms. The van der Waals surface area contributed by atoms with Gasteiger partial charge in [-0.05, 0) is 12.1 Å². The molecule has 0 saturated carbocycles. The van der Waals surface area contributed by atoms with Gasteiger partial charge in [-0.2, -0.15) is 10.4 Å². The molecule has 0 atom stereocenters. The Morgan fingerprint density at radius 2 is 2.25 bits per heavy atom. The summed E-state index contributed by atoms with van der Waals surface area (Å²) in [5.41, 5.74) is 2.64. The number of hydrogen-bond donors (Lipinski definition) is 1. The van der Waals surface area contributed by atoms with E-state index in [-0.39, 0.29) is 5.69 Å². The number of carbonyl (C=O) groups is 1. The van der Waals surface area contributed by atoms with Crippen molar-refractivity contribution in [1.29, 1.82) is 5.26 Å². The van der Waals surface area contributed by atoms with Crippen molar-refractivity contribution in [2.24, 2.45) is 0 Å². The summed E-state index contributed by atoms with van der Waals surface area (Å²) < 4.78 is 6.34. The van der Waals surface area contributed by atoms with E-state index in [0.29, 0.717) is 22.6 Å². The molecule has 7 heteroatoms. The number of aromatic amines is 1. The van der Waals surface area contributed by atoms with Gasteiger partial charge in [0.25, 0.3) is 0 Å². The zero-order valence-electron chi connectivity index (χ0n) is 10.5. The quantitative estimate of drug-likeness (QED) is 0.707. The number of nitrogens with zero attached hydrogens (tertiary/aromatic N) is 4. The number of hydrogen-bond acceptors (Lipinski definition) is 5. The third-order valence-electron chi connectivity index (χ3n) is 2.83. The van der Waals surface area contributed by atoms with E-state index < -0.39 is 5.97 Å². The number of ether oxygens (including phenoxy) is 1. The van der Waals surface area contributed by atoms with Gasteiger partial charge in [-0.1, -0.05) is 0 Å². The number of imidazole rings is 1. The van der Waals surface area contributed by atoms with Crippen LogP contribution < -0.4 is 0 Å². The zero-order valence-corrected chi connectivity index (χ0v) is 10.5. The maximum Gasteiger partial charge on any atom is 0.356 e. The molecule has 3 rings (SSSR count). The van der Waals surface area contributed by atoms with Crippen LogP contribution in [0, 0.1) is 11.3 Å². The highest BCUT2D eigenvalue weighted by atomic mass is 16.5. The predicted molar refractivity (Wildman–Crippen MR) is 68.8 cm³/mol. The first-order valence-corrected chi connectivity index (χ1v) is 5.74. The predicted octanol–water partition coefficient (Wildman–Crippen LogP) is 1.38. The van der Waals surface area contributed by atoms with Gasteiger partial charge in [0, 0.05) is 18.5 Å². The molecule has 0 aliphatic rings. The molecular weight excluding hydrogens is 258 g/mol. The van der Waals surface area contributed by atoms with Gasteiger partial charge in [0.15, 0.2) is 0 Å². The third kappa shape index (κ3) is 1.89. The molecule has 0 spiro atoms. The topological polar surface area (TPSA) is 96.1 Å². The molecular formula is C13H9N5O2. The van der Waals surface area contributed by atoms with Gasteiger partial charge in [-0.3, -0.25) is 5.10 Å². The second-order valence-corrected chi connectivity index (χ2v) is 4.08. The fraction of sp³-hybridized carbons (Fsp3) is 0.0769. The van der Waals surface area contributed by atoms with Crippen molar-refractivity contribution in [2.45, 2.75) is 0 Å². The molecule has 20 heavy (non-hydrogen) atoms. The molecule has 3 heterocycles. The van der Waals surface area contributed by atoms with Gasteiger partial charge < -0.3 is 9.14 Å². The van der Waals surface area contributed by atoms with Crippen LogP contribution in [0.25, 0.3) is 17.0 Å². The van der Waals surface area contributed by atoms with Gasteiger partial charge in [-0.15, -0.1) is 0 Å². The lowest BCUT2D eigenvalue weighted by Gasteiger charge is -1.91. The number of H-pyrrole nitrogens is 1. The Morgan fingerprint density at radius 3 is 3.00 bits per heavy atom. The van der Waals surface area contributed by atoms with E-state index in [2.05, 4.69) is 26.0 Å². The summed E-state index contributed by atoms with van der Waals surface area (Å²) in [4.78, 5) is 15.7. The average Bonchev–Trinajstić information content (AvgIpc) is 3.11. The minimum absolute atomic E-state index is 0.261. The molecule has 0 aliphatic heterocycles. The molecule has 7 nitrogen and oxygen atoms in total. The number of esters is 1. The van der Waals surface area contributed by atoms with Gasteiger partial charge in [0.1, 0.15) is 28.8 Å². The third-order valence-corrected chi connectivity index (χ3v) is 2.83. The van der Waals surface area contributed by atoms with Crippen LogP contribution in [0.3, 0.4) is 0 Å². The van der Waals surface area contributed by atoms with E-state index in [4.69, 9.17) is 5.26 Å². The maximum atomic E-state index is 11.4. The first-order chi connectivity index (χ1) is 9.71. The van der Waals surface area contributed by atoms with E-state index in [1.54, 1.807) is 35.0 Å². The Hall–Kier alpha value is -3.14. The standard InChI is InChI=1S/C13H9N5O2/c1-20-13(19)10-4-9(16-17-10)11-7-18-6-8(5-14)2-3-12(18)15-11/h2-4,6-7H,1H3,(H,16,17). The molecule has 0 unspecified atom stereocenters. The second-order valence-electron chi connectivity index (χ2n) is 4.08. The molecule has 0 aromatic carbocycles. The SMILES string of the molecule is COC(=O)c1cc(-c2cn3cc(C#N)ccc3n2)n[nH]1. The Bertz CT molecular complexity index is 840. The van der Waals surface area contributed by atoms with E-state index in [1.165, 1.54) is 7.11 Å². The number of carbonyl (C=O) groups excluding carboxylic acids is 1. The van der Waals surface area contributed by atoms with Gasteiger partial charge >= 0.3 is 5.97 Å². The van der Waals surface area contributed by atoms with Gasteiger partial charge in [0.2, 0.25) is 0 Å². The van der Waals surface area contributed by atoms with Crippen LogP contribution >= 0.6 is 0 Å². The Labute approximate surface area is 113 Å². The van der Waals surface area contributed by atoms with Crippen LogP contribution in [-0.4, -0.2) is 32.7 Å². The highest BCUT2D eigenvalue weighted by Crippen LogP contribution is 2.18. The Kier molecular flexibility index (Phi) is 2.69. The molecule has 98 valence electrons. The number of nitriles is 1. The zero-order chi connectivity index (χ0) is 14.1. The highest BCUT2D eigenvalue weighted by molar-refractivity contribution is 5.88. The van der Waals surface area contributed by atoms with E-state index in [0.717, 1.165) is 0 Å². The highest BCUT2D eigenvalue weighted by Gasteiger charge is 2.13. The van der Waals surface area contributed by atoms with Crippen LogP contribution in [0.5, 0.6) is 0 Å². The number of rotatable bonds is 2. The second kappa shape index (κ2) is 4.51. The van der Waals surface area contributed by atoms with Crippen molar-refractivity contribution in [3.05, 3.63) is 41.9 Å². The molecule has 0 fully saturated rings. The van der Waals surface area contributed by atoms with Gasteiger partial charge in [0.05, 0.1) is 12.7 Å². The van der Waals surface area contributed by atoms with Crippen LogP contribution in [-0.2, 0) is 4.74 Å². The van der Waals surface area contributed by atoms with Crippen LogP contribution in [0.15, 0.2) is 30.6 Å². The monoisotopic (exact) mass is 267 g/mol. The fourth-order valence-electron chi connectivity index (χ4n) is 1.85. The summed E-state index contributed by atoms with van der Waals surface area (Å²) in [5, 5.41) is 15.5. The number of methoxy groups -OCH3 is 1. The first-order valence-electron chi connectivity index (χ1n) is 5.74. The molecule has 0 aliphatic carbocycles. The Balaban J connectivity index is 2.04. The van der Waals surface area contributed by atoms with Gasteiger partial charge in [-0.25, -0.2) is 9.78 Å². The normalized spacial score (nSPS) is 10.4. The summed E-state index contributed by atoms with van der Waals surface area (Å²) in [5.74, 6) is -0.487. The van der Waals surface area contributed by atoms with Crippen molar-refractivity contribution in [3.63, 3.8) is 0 Å². The van der Waals surface area contributed by atoms with Crippen LogP contribution in [0.4, 0.5) is 0 Å². The molecule has 0 saturated heterocycles. The summed E-state index contributed by atoms with van der Waals surface area (Å²) in [7, 11) is 1.30. The van der Waals surface area contributed by atoms with Crippen LogP contribution in [0.1, 0.15) is 16.1 Å². The van der Waals surface area contributed by atoms with E-state index in [1.807, 2.05) is 0 Å². The molecule has 0 amide bonds. The number of fused-ring (bicyclic) bond motifs is 1. The number of aromatic nitrogens is 4. The minimum atomic E-state index is -0.487. The number of pyridine rings is 1. The molecule has 3 aromatic heterocycles. The lowest BCUT2D eigenvalue weighted by molar-refractivity contribution is 0.0594. The van der Waals surface area contributed by atoms with Crippen molar-refractivity contribution in [2.75, 3.05) is 7.11 Å². The minimum Gasteiger partial charge on any atom is -0.464 e. The van der Waals surface area contributed by atoms with Crippen molar-refractivity contribution in [1.82, 2.24) is 19.6 Å². The molecule has 0 radical (unpaired) electrons. The fourth-order valence-corrected chi connectivity index (χ4v) is 1.85. The van der Waals surface area contributed by atoms with E-state index in [9.17, 15) is 4.79 Å². The lowest BCUT2D eigenvalue weighted by atomic mass is 10.3. The maximum absolute atomic E-state index is 11.4. The average molecular weight is 267 g/mol. The van der Waals surface area contributed by atoms with E-state index >= 15 is 0 Å². The van der Waals surface area contributed by atoms with Crippen LogP contribution in [0.2, 0.25) is 0 Å². The summed E-state index contributed by atoms with van der Waals surface area (Å²) in [6.45, 7) is 0.